The fourth-order valence-corrected chi connectivity index (χ4v) is 2.08. The van der Waals surface area contributed by atoms with Crippen molar-refractivity contribution in [2.75, 3.05) is 6.61 Å². The van der Waals surface area contributed by atoms with Crippen molar-refractivity contribution in [2.24, 2.45) is 7.05 Å². The number of halogens is 1. The summed E-state index contributed by atoms with van der Waals surface area (Å²) in [5.74, 6) is 0. The lowest BCUT2D eigenvalue weighted by Crippen LogP contribution is -2.13. The predicted octanol–water partition coefficient (Wildman–Crippen LogP) is 1.91. The van der Waals surface area contributed by atoms with E-state index in [1.165, 1.54) is 10.9 Å². The molecule has 0 bridgehead atoms. The van der Waals surface area contributed by atoms with Crippen LogP contribution in [0.1, 0.15) is 31.1 Å². The normalized spacial score (nSPS) is 25.5. The van der Waals surface area contributed by atoms with Gasteiger partial charge in [0.15, 0.2) is 0 Å². The second kappa shape index (κ2) is 4.79. The second-order valence-corrected chi connectivity index (χ2v) is 4.15. The summed E-state index contributed by atoms with van der Waals surface area (Å²) >= 11 is 0. The Bertz CT molecular complexity index is 421. The molecule has 1 unspecified atom stereocenters. The maximum atomic E-state index is 13.1. The Kier molecular flexibility index (Phi) is 3.37. The van der Waals surface area contributed by atoms with Crippen molar-refractivity contribution in [3.05, 3.63) is 22.0 Å². The topological polar surface area (TPSA) is 70.2 Å². The van der Waals surface area contributed by atoms with Crippen LogP contribution in [0, 0.1) is 10.1 Å². The van der Waals surface area contributed by atoms with Crippen molar-refractivity contribution in [3.8, 4) is 0 Å². The molecule has 2 heterocycles. The molecular weight excluding hydrogens is 229 g/mol. The van der Waals surface area contributed by atoms with Gasteiger partial charge in [0.25, 0.3) is 0 Å². The molecule has 1 aliphatic heterocycles. The van der Waals surface area contributed by atoms with Crippen LogP contribution in [0.5, 0.6) is 0 Å². The van der Waals surface area contributed by atoms with Crippen molar-refractivity contribution in [2.45, 2.75) is 31.5 Å². The van der Waals surface area contributed by atoms with Gasteiger partial charge in [-0.25, -0.2) is 4.39 Å². The lowest BCUT2D eigenvalue weighted by molar-refractivity contribution is -0.386. The molecule has 94 valence electrons. The summed E-state index contributed by atoms with van der Waals surface area (Å²) in [7, 11) is 1.63. The van der Waals surface area contributed by atoms with Crippen molar-refractivity contribution in [3.63, 3.8) is 0 Å². The number of aromatic nitrogens is 2. The second-order valence-electron chi connectivity index (χ2n) is 4.15. The molecule has 0 aliphatic carbocycles. The zero-order valence-corrected chi connectivity index (χ0v) is 9.50. The van der Waals surface area contributed by atoms with Crippen LogP contribution in [-0.4, -0.2) is 27.5 Å². The third-order valence-electron chi connectivity index (χ3n) is 2.93. The van der Waals surface area contributed by atoms with Crippen LogP contribution in [-0.2, 0) is 11.8 Å². The smallest absolute Gasteiger partial charge is 0.312 e. The average molecular weight is 243 g/mol. The lowest BCUT2D eigenvalue weighted by Gasteiger charge is -2.14. The Balaban J connectivity index is 2.26. The first-order chi connectivity index (χ1) is 8.09. The molecule has 0 N–H and O–H groups in total. The minimum absolute atomic E-state index is 0.00694. The van der Waals surface area contributed by atoms with E-state index in [9.17, 15) is 14.5 Å². The van der Waals surface area contributed by atoms with Gasteiger partial charge < -0.3 is 4.74 Å². The highest BCUT2D eigenvalue weighted by atomic mass is 19.1. The Labute approximate surface area is 97.5 Å². The van der Waals surface area contributed by atoms with Gasteiger partial charge in [-0.1, -0.05) is 0 Å². The van der Waals surface area contributed by atoms with E-state index in [4.69, 9.17) is 4.74 Å². The standard InChI is InChI=1S/C10H14FN3O3/c1-13-10(8(5-12-13)14(15)16)9-4-2-3-7(11)6-17-9/h5,7,9H,2-4,6H2,1H3/t7-,9?/m0/s1. The Morgan fingerprint density at radius 1 is 1.65 bits per heavy atom. The first kappa shape index (κ1) is 12.0. The van der Waals surface area contributed by atoms with Crippen LogP contribution >= 0.6 is 0 Å². The number of nitrogens with zero attached hydrogens (tertiary/aromatic N) is 3. The molecule has 1 fully saturated rings. The van der Waals surface area contributed by atoms with Gasteiger partial charge in [-0.3, -0.25) is 14.8 Å². The Morgan fingerprint density at radius 2 is 2.41 bits per heavy atom. The van der Waals surface area contributed by atoms with Gasteiger partial charge in [-0.15, -0.1) is 0 Å². The molecule has 0 radical (unpaired) electrons. The number of ether oxygens (including phenoxy) is 1. The van der Waals surface area contributed by atoms with E-state index in [1.54, 1.807) is 7.05 Å². The summed E-state index contributed by atoms with van der Waals surface area (Å²) in [5, 5.41) is 14.7. The molecule has 1 saturated heterocycles. The number of hydrogen-bond donors (Lipinski definition) is 0. The van der Waals surface area contributed by atoms with Gasteiger partial charge in [-0.2, -0.15) is 5.10 Å². The number of nitro groups is 1. The summed E-state index contributed by atoms with van der Waals surface area (Å²) in [6.45, 7) is -0.00694. The van der Waals surface area contributed by atoms with Gasteiger partial charge >= 0.3 is 5.69 Å². The number of alkyl halides is 1. The number of rotatable bonds is 2. The Hall–Kier alpha value is -1.50. The van der Waals surface area contributed by atoms with Crippen LogP contribution in [0.2, 0.25) is 0 Å². The predicted molar refractivity (Wildman–Crippen MR) is 57.3 cm³/mol. The first-order valence-corrected chi connectivity index (χ1v) is 5.51. The quantitative estimate of drug-likeness (QED) is 0.587. The molecule has 1 aromatic heterocycles. The highest BCUT2D eigenvalue weighted by Crippen LogP contribution is 2.33. The summed E-state index contributed by atoms with van der Waals surface area (Å²) in [4.78, 5) is 10.4. The zero-order valence-electron chi connectivity index (χ0n) is 9.50. The van der Waals surface area contributed by atoms with Crippen LogP contribution in [0.25, 0.3) is 0 Å². The molecule has 1 aliphatic rings. The summed E-state index contributed by atoms with van der Waals surface area (Å²) in [5.41, 5.74) is 0.360. The van der Waals surface area contributed by atoms with Crippen molar-refractivity contribution in [1.82, 2.24) is 9.78 Å². The average Bonchev–Trinajstić information content (AvgIpc) is 2.52. The lowest BCUT2D eigenvalue weighted by atomic mass is 10.1. The molecule has 0 aromatic carbocycles. The molecule has 0 spiro atoms. The molecule has 1 aromatic rings. The molecule has 2 rings (SSSR count). The molecule has 0 saturated carbocycles. The number of hydrogen-bond acceptors (Lipinski definition) is 4. The van der Waals surface area contributed by atoms with Crippen molar-refractivity contribution in [1.29, 1.82) is 0 Å². The molecule has 7 heteroatoms. The van der Waals surface area contributed by atoms with Gasteiger partial charge in [0.05, 0.1) is 11.5 Å². The summed E-state index contributed by atoms with van der Waals surface area (Å²) in [6.07, 6.45) is 1.48. The Morgan fingerprint density at radius 3 is 3.12 bits per heavy atom. The molecular formula is C10H14FN3O3. The molecule has 17 heavy (non-hydrogen) atoms. The van der Waals surface area contributed by atoms with Gasteiger partial charge in [0, 0.05) is 7.05 Å². The number of aryl methyl sites for hydroxylation is 1. The van der Waals surface area contributed by atoms with Gasteiger partial charge in [0.2, 0.25) is 0 Å². The molecule has 6 nitrogen and oxygen atoms in total. The van der Waals surface area contributed by atoms with Crippen LogP contribution in [0.3, 0.4) is 0 Å². The van der Waals surface area contributed by atoms with E-state index in [-0.39, 0.29) is 12.3 Å². The van der Waals surface area contributed by atoms with Crippen LogP contribution < -0.4 is 0 Å². The highest BCUT2D eigenvalue weighted by molar-refractivity contribution is 5.34. The maximum Gasteiger partial charge on any atom is 0.312 e. The fourth-order valence-electron chi connectivity index (χ4n) is 2.08. The SMILES string of the molecule is Cn1ncc([N+](=O)[O-])c1C1CCC[C@H](F)CO1. The van der Waals surface area contributed by atoms with E-state index in [2.05, 4.69) is 5.10 Å². The minimum Gasteiger partial charge on any atom is -0.369 e. The fraction of sp³-hybridized carbons (Fsp3) is 0.700. The van der Waals surface area contributed by atoms with Gasteiger partial charge in [0.1, 0.15) is 24.2 Å². The summed E-state index contributed by atoms with van der Waals surface area (Å²) in [6, 6.07) is 0. The monoisotopic (exact) mass is 243 g/mol. The largest absolute Gasteiger partial charge is 0.369 e. The van der Waals surface area contributed by atoms with E-state index in [0.717, 1.165) is 0 Å². The van der Waals surface area contributed by atoms with E-state index in [0.29, 0.717) is 25.0 Å². The maximum absolute atomic E-state index is 13.1. The van der Waals surface area contributed by atoms with Gasteiger partial charge in [-0.05, 0) is 19.3 Å². The van der Waals surface area contributed by atoms with Crippen LogP contribution in [0.4, 0.5) is 10.1 Å². The third-order valence-corrected chi connectivity index (χ3v) is 2.93. The molecule has 0 amide bonds. The highest BCUT2D eigenvalue weighted by Gasteiger charge is 2.29. The van der Waals surface area contributed by atoms with E-state index >= 15 is 0 Å². The zero-order chi connectivity index (χ0) is 12.4. The van der Waals surface area contributed by atoms with Crippen molar-refractivity contribution >= 4 is 5.69 Å². The third kappa shape index (κ3) is 2.44. The molecule has 2 atom stereocenters. The van der Waals surface area contributed by atoms with Crippen molar-refractivity contribution < 1.29 is 14.1 Å². The van der Waals surface area contributed by atoms with Crippen LogP contribution in [0.15, 0.2) is 6.20 Å². The minimum atomic E-state index is -0.979. The van der Waals surface area contributed by atoms with E-state index in [1.807, 2.05) is 0 Å². The van der Waals surface area contributed by atoms with E-state index < -0.39 is 17.2 Å². The first-order valence-electron chi connectivity index (χ1n) is 5.51. The summed E-state index contributed by atoms with van der Waals surface area (Å²) < 4.78 is 20.0.